The maximum absolute atomic E-state index is 11.9. The van der Waals surface area contributed by atoms with E-state index in [0.29, 0.717) is 10.2 Å². The fourth-order valence-electron chi connectivity index (χ4n) is 1.24. The number of halogens is 1. The molecule has 0 spiro atoms. The van der Waals surface area contributed by atoms with Crippen LogP contribution in [-0.2, 0) is 14.8 Å². The number of sulfonamides is 1. The number of nitrogens with two attached hydrogens (primary N) is 1. The third-order valence-corrected chi connectivity index (χ3v) is 4.61. The van der Waals surface area contributed by atoms with E-state index in [1.54, 1.807) is 0 Å². The molecule has 0 aliphatic carbocycles. The molecular formula is C10H14BrN3O3S. The number of amides is 1. The predicted octanol–water partition coefficient (Wildman–Crippen LogP) is 0.446. The van der Waals surface area contributed by atoms with Gasteiger partial charge in [-0.15, -0.1) is 0 Å². The highest BCUT2D eigenvalue weighted by molar-refractivity contribution is 9.10. The Bertz CT molecular complexity index is 545. The quantitative estimate of drug-likeness (QED) is 0.680. The highest BCUT2D eigenvalue weighted by Gasteiger charge is 2.17. The Balaban J connectivity index is 2.77. The molecule has 0 saturated heterocycles. The van der Waals surface area contributed by atoms with Crippen LogP contribution in [-0.4, -0.2) is 27.9 Å². The molecule has 0 fully saturated rings. The van der Waals surface area contributed by atoms with Crippen molar-refractivity contribution in [3.63, 3.8) is 0 Å². The molecule has 18 heavy (non-hydrogen) atoms. The third-order valence-electron chi connectivity index (χ3n) is 2.17. The molecule has 1 aromatic rings. The van der Waals surface area contributed by atoms with E-state index >= 15 is 0 Å². The second-order valence-corrected chi connectivity index (χ2v) is 6.10. The molecule has 100 valence electrons. The second kappa shape index (κ2) is 6.17. The van der Waals surface area contributed by atoms with E-state index < -0.39 is 10.0 Å². The molecule has 0 radical (unpaired) electrons. The van der Waals surface area contributed by atoms with Gasteiger partial charge in [-0.25, -0.2) is 13.1 Å². The number of anilines is 1. The molecule has 0 aliphatic heterocycles. The number of hydrogen-bond acceptors (Lipinski definition) is 4. The Hall–Kier alpha value is -1.12. The van der Waals surface area contributed by atoms with Gasteiger partial charge in [-0.1, -0.05) is 0 Å². The first-order valence-electron chi connectivity index (χ1n) is 5.12. The second-order valence-electron chi connectivity index (χ2n) is 3.51. The number of nitrogen functional groups attached to an aromatic ring is 1. The number of carbonyl (C=O) groups is 1. The van der Waals surface area contributed by atoms with E-state index in [2.05, 4.69) is 26.0 Å². The van der Waals surface area contributed by atoms with Gasteiger partial charge in [-0.2, -0.15) is 0 Å². The lowest BCUT2D eigenvalue weighted by Gasteiger charge is -2.08. The first-order chi connectivity index (χ1) is 8.36. The Morgan fingerprint density at radius 3 is 2.67 bits per heavy atom. The Morgan fingerprint density at radius 1 is 1.44 bits per heavy atom. The topological polar surface area (TPSA) is 101 Å². The SMILES string of the molecule is CNC(=O)CCNS(=O)(=O)c1ccc(N)cc1Br. The molecule has 0 saturated carbocycles. The fraction of sp³-hybridized carbons (Fsp3) is 0.300. The van der Waals surface area contributed by atoms with Crippen LogP contribution in [0.15, 0.2) is 27.6 Å². The molecule has 6 nitrogen and oxygen atoms in total. The van der Waals surface area contributed by atoms with Crippen LogP contribution >= 0.6 is 15.9 Å². The van der Waals surface area contributed by atoms with Crippen LogP contribution in [0, 0.1) is 0 Å². The summed E-state index contributed by atoms with van der Waals surface area (Å²) < 4.78 is 26.6. The zero-order valence-electron chi connectivity index (χ0n) is 9.73. The number of carbonyl (C=O) groups excluding carboxylic acids is 1. The van der Waals surface area contributed by atoms with Gasteiger partial charge in [0.05, 0.1) is 4.90 Å². The smallest absolute Gasteiger partial charge is 0.241 e. The van der Waals surface area contributed by atoms with Gasteiger partial charge in [0.2, 0.25) is 15.9 Å². The third kappa shape index (κ3) is 3.97. The van der Waals surface area contributed by atoms with Crippen LogP contribution < -0.4 is 15.8 Å². The molecule has 0 aromatic heterocycles. The van der Waals surface area contributed by atoms with Crippen molar-refractivity contribution in [1.29, 1.82) is 0 Å². The number of benzene rings is 1. The van der Waals surface area contributed by atoms with Gasteiger partial charge in [0.1, 0.15) is 0 Å². The number of rotatable bonds is 5. The average Bonchev–Trinajstić information content (AvgIpc) is 2.27. The van der Waals surface area contributed by atoms with Gasteiger partial charge in [0.25, 0.3) is 0 Å². The van der Waals surface area contributed by atoms with Crippen LogP contribution in [0.4, 0.5) is 5.69 Å². The molecule has 1 aromatic carbocycles. The molecule has 1 amide bonds. The van der Waals surface area contributed by atoms with Crippen molar-refractivity contribution < 1.29 is 13.2 Å². The average molecular weight is 336 g/mol. The molecule has 1 rings (SSSR count). The summed E-state index contributed by atoms with van der Waals surface area (Å²) in [5, 5.41) is 2.41. The molecule has 0 unspecified atom stereocenters. The van der Waals surface area contributed by atoms with E-state index in [0.717, 1.165) is 0 Å². The number of hydrogen-bond donors (Lipinski definition) is 3. The summed E-state index contributed by atoms with van der Waals surface area (Å²) in [7, 11) is -2.15. The first-order valence-corrected chi connectivity index (χ1v) is 7.39. The van der Waals surface area contributed by atoms with E-state index in [-0.39, 0.29) is 23.8 Å². The fourth-order valence-corrected chi connectivity index (χ4v) is 3.36. The van der Waals surface area contributed by atoms with Crippen molar-refractivity contribution in [1.82, 2.24) is 10.0 Å². The van der Waals surface area contributed by atoms with Crippen molar-refractivity contribution in [2.24, 2.45) is 0 Å². The molecule has 0 bridgehead atoms. The van der Waals surface area contributed by atoms with Crippen LogP contribution in [0.5, 0.6) is 0 Å². The van der Waals surface area contributed by atoms with E-state index in [4.69, 9.17) is 5.73 Å². The van der Waals surface area contributed by atoms with Crippen LogP contribution in [0.3, 0.4) is 0 Å². The van der Waals surface area contributed by atoms with Crippen molar-refractivity contribution in [3.05, 3.63) is 22.7 Å². The van der Waals surface area contributed by atoms with Gasteiger partial charge < -0.3 is 11.1 Å². The van der Waals surface area contributed by atoms with Crippen molar-refractivity contribution in [2.75, 3.05) is 19.3 Å². The first kappa shape index (κ1) is 14.9. The minimum atomic E-state index is -3.64. The highest BCUT2D eigenvalue weighted by atomic mass is 79.9. The Labute approximate surface area is 114 Å². The zero-order valence-corrected chi connectivity index (χ0v) is 12.1. The van der Waals surface area contributed by atoms with Gasteiger partial charge in [0, 0.05) is 30.2 Å². The monoisotopic (exact) mass is 335 g/mol. The molecule has 4 N–H and O–H groups in total. The van der Waals surface area contributed by atoms with Gasteiger partial charge >= 0.3 is 0 Å². The maximum atomic E-state index is 11.9. The van der Waals surface area contributed by atoms with E-state index in [1.807, 2.05) is 0 Å². The Kier molecular flexibility index (Phi) is 5.12. The lowest BCUT2D eigenvalue weighted by atomic mass is 10.3. The van der Waals surface area contributed by atoms with Crippen molar-refractivity contribution >= 4 is 37.5 Å². The summed E-state index contributed by atoms with van der Waals surface area (Å²) in [6.45, 7) is 0.0405. The molecule has 0 aliphatic rings. The summed E-state index contributed by atoms with van der Waals surface area (Å²) in [6, 6.07) is 4.41. The molecule has 0 heterocycles. The Morgan fingerprint density at radius 2 is 2.11 bits per heavy atom. The van der Waals surface area contributed by atoms with Crippen LogP contribution in [0.25, 0.3) is 0 Å². The van der Waals surface area contributed by atoms with Crippen LogP contribution in [0.2, 0.25) is 0 Å². The van der Waals surface area contributed by atoms with Crippen molar-refractivity contribution in [2.45, 2.75) is 11.3 Å². The summed E-state index contributed by atoms with van der Waals surface area (Å²) in [5.41, 5.74) is 5.99. The minimum Gasteiger partial charge on any atom is -0.399 e. The summed E-state index contributed by atoms with van der Waals surface area (Å²) in [4.78, 5) is 11.1. The van der Waals surface area contributed by atoms with Gasteiger partial charge in [0.15, 0.2) is 0 Å². The normalized spacial score (nSPS) is 11.2. The summed E-state index contributed by atoms with van der Waals surface area (Å²) in [6.07, 6.45) is 0.0856. The van der Waals surface area contributed by atoms with Crippen LogP contribution in [0.1, 0.15) is 6.42 Å². The number of nitrogens with one attached hydrogen (secondary N) is 2. The summed E-state index contributed by atoms with van der Waals surface area (Å²) >= 11 is 3.14. The zero-order chi connectivity index (χ0) is 13.8. The van der Waals surface area contributed by atoms with E-state index in [9.17, 15) is 13.2 Å². The van der Waals surface area contributed by atoms with Gasteiger partial charge in [-0.3, -0.25) is 4.79 Å². The minimum absolute atomic E-state index is 0.0405. The molecular weight excluding hydrogens is 322 g/mol. The standard InChI is InChI=1S/C10H14BrN3O3S/c1-13-10(15)4-5-14-18(16,17)9-3-2-7(12)6-8(9)11/h2-3,6,14H,4-5,12H2,1H3,(H,13,15). The predicted molar refractivity (Wildman–Crippen MR) is 72.4 cm³/mol. The van der Waals surface area contributed by atoms with Crippen molar-refractivity contribution in [3.8, 4) is 0 Å². The highest BCUT2D eigenvalue weighted by Crippen LogP contribution is 2.23. The van der Waals surface area contributed by atoms with E-state index in [1.165, 1.54) is 25.2 Å². The lowest BCUT2D eigenvalue weighted by molar-refractivity contribution is -0.120. The van der Waals surface area contributed by atoms with Gasteiger partial charge in [-0.05, 0) is 34.1 Å². The lowest BCUT2D eigenvalue weighted by Crippen LogP contribution is -2.29. The maximum Gasteiger partial charge on any atom is 0.241 e. The summed E-state index contributed by atoms with van der Waals surface area (Å²) in [5.74, 6) is -0.228. The molecule has 8 heteroatoms. The molecule has 0 atom stereocenters. The largest absolute Gasteiger partial charge is 0.399 e.